The van der Waals surface area contributed by atoms with E-state index in [1.54, 1.807) is 6.20 Å². The van der Waals surface area contributed by atoms with Gasteiger partial charge < -0.3 is 11.1 Å². The smallest absolute Gasteiger partial charge is 0.221 e. The fourth-order valence-corrected chi connectivity index (χ4v) is 1.75. The summed E-state index contributed by atoms with van der Waals surface area (Å²) in [6.07, 6.45) is 1.73. The largest absolute Gasteiger partial charge is 0.368 e. The van der Waals surface area contributed by atoms with Gasteiger partial charge in [-0.25, -0.2) is 4.98 Å². The second kappa shape index (κ2) is 5.04. The average Bonchev–Trinajstić information content (AvgIpc) is 2.34. The van der Waals surface area contributed by atoms with E-state index in [0.29, 0.717) is 5.95 Å². The molecule has 0 aliphatic carbocycles. The van der Waals surface area contributed by atoms with Gasteiger partial charge >= 0.3 is 0 Å². The molecule has 0 radical (unpaired) electrons. The zero-order valence-corrected chi connectivity index (χ0v) is 10.9. The zero-order chi connectivity index (χ0) is 13.1. The first-order valence-corrected chi connectivity index (χ1v) is 5.98. The Labute approximate surface area is 107 Å². The zero-order valence-electron chi connectivity index (χ0n) is 10.9. The van der Waals surface area contributed by atoms with Crippen LogP contribution in [-0.4, -0.2) is 9.97 Å². The molecule has 0 saturated carbocycles. The molecule has 2 rings (SSSR count). The van der Waals surface area contributed by atoms with E-state index in [4.69, 9.17) is 5.73 Å². The number of hydrogen-bond donors (Lipinski definition) is 2. The van der Waals surface area contributed by atoms with E-state index >= 15 is 0 Å². The van der Waals surface area contributed by atoms with Gasteiger partial charge in [0.05, 0.1) is 0 Å². The van der Waals surface area contributed by atoms with Gasteiger partial charge in [-0.1, -0.05) is 29.8 Å². The quantitative estimate of drug-likeness (QED) is 0.868. The van der Waals surface area contributed by atoms with Gasteiger partial charge in [-0.05, 0) is 26.3 Å². The molecule has 1 aromatic carbocycles. The van der Waals surface area contributed by atoms with Crippen molar-refractivity contribution < 1.29 is 0 Å². The minimum Gasteiger partial charge on any atom is -0.368 e. The molecule has 1 unspecified atom stereocenters. The van der Waals surface area contributed by atoms with Gasteiger partial charge in [0.25, 0.3) is 0 Å². The van der Waals surface area contributed by atoms with Gasteiger partial charge in [-0.2, -0.15) is 4.98 Å². The summed E-state index contributed by atoms with van der Waals surface area (Å²) in [5.41, 5.74) is 9.07. The maximum Gasteiger partial charge on any atom is 0.221 e. The van der Waals surface area contributed by atoms with Crippen molar-refractivity contribution in [2.24, 2.45) is 0 Å². The lowest BCUT2D eigenvalue weighted by Gasteiger charge is -2.16. The maximum absolute atomic E-state index is 5.60. The molecular weight excluding hydrogens is 224 g/mol. The number of rotatable bonds is 3. The fraction of sp³-hybridized carbons (Fsp3) is 0.286. The highest BCUT2D eigenvalue weighted by Gasteiger charge is 2.08. The molecule has 1 heterocycles. The Morgan fingerprint density at radius 2 is 1.83 bits per heavy atom. The fourth-order valence-electron chi connectivity index (χ4n) is 1.75. The Bertz CT molecular complexity index is 534. The van der Waals surface area contributed by atoms with Crippen LogP contribution in [0.5, 0.6) is 0 Å². The number of hydrogen-bond acceptors (Lipinski definition) is 4. The van der Waals surface area contributed by atoms with Crippen LogP contribution in [0.4, 0.5) is 11.8 Å². The number of nitrogens with two attached hydrogens (primary N) is 1. The van der Waals surface area contributed by atoms with Crippen molar-refractivity contribution in [3.8, 4) is 0 Å². The molecule has 3 N–H and O–H groups in total. The monoisotopic (exact) mass is 242 g/mol. The van der Waals surface area contributed by atoms with Gasteiger partial charge in [-0.3, -0.25) is 0 Å². The number of nitrogens with one attached hydrogen (secondary N) is 1. The number of nitrogens with zero attached hydrogens (tertiary/aromatic N) is 2. The van der Waals surface area contributed by atoms with E-state index < -0.39 is 0 Å². The van der Waals surface area contributed by atoms with Crippen molar-refractivity contribution in [3.05, 3.63) is 47.2 Å². The molecule has 2 aromatic rings. The van der Waals surface area contributed by atoms with Crippen molar-refractivity contribution >= 4 is 11.8 Å². The summed E-state index contributed by atoms with van der Waals surface area (Å²) in [4.78, 5) is 8.17. The summed E-state index contributed by atoms with van der Waals surface area (Å²) >= 11 is 0. The van der Waals surface area contributed by atoms with E-state index in [9.17, 15) is 0 Å². The van der Waals surface area contributed by atoms with Crippen molar-refractivity contribution in [1.29, 1.82) is 0 Å². The van der Waals surface area contributed by atoms with E-state index in [-0.39, 0.29) is 6.04 Å². The highest BCUT2D eigenvalue weighted by molar-refractivity contribution is 5.47. The van der Waals surface area contributed by atoms with Crippen LogP contribution in [0.25, 0.3) is 0 Å². The minimum absolute atomic E-state index is 0.179. The van der Waals surface area contributed by atoms with E-state index in [1.807, 2.05) is 6.92 Å². The number of nitrogen functional groups attached to an aromatic ring is 1. The number of benzene rings is 1. The summed E-state index contributed by atoms with van der Waals surface area (Å²) in [6.45, 7) is 6.14. The van der Waals surface area contributed by atoms with Crippen LogP contribution in [0.2, 0.25) is 0 Å². The first-order valence-electron chi connectivity index (χ1n) is 5.98. The van der Waals surface area contributed by atoms with Crippen molar-refractivity contribution in [2.45, 2.75) is 26.8 Å². The lowest BCUT2D eigenvalue weighted by atomic mass is 10.1. The van der Waals surface area contributed by atoms with Crippen LogP contribution in [0.1, 0.15) is 29.7 Å². The highest BCUT2D eigenvalue weighted by Crippen LogP contribution is 2.20. The Hall–Kier alpha value is -2.10. The second-order valence-corrected chi connectivity index (χ2v) is 4.54. The average molecular weight is 242 g/mol. The molecule has 1 atom stereocenters. The molecule has 1 aromatic heterocycles. The molecule has 0 aliphatic heterocycles. The van der Waals surface area contributed by atoms with Crippen LogP contribution in [0.3, 0.4) is 0 Å². The topological polar surface area (TPSA) is 63.8 Å². The van der Waals surface area contributed by atoms with Gasteiger partial charge in [0, 0.05) is 17.8 Å². The summed E-state index contributed by atoms with van der Waals surface area (Å²) in [7, 11) is 0. The van der Waals surface area contributed by atoms with Crippen molar-refractivity contribution in [1.82, 2.24) is 9.97 Å². The van der Waals surface area contributed by atoms with Crippen LogP contribution in [0.15, 0.2) is 30.5 Å². The molecule has 94 valence electrons. The predicted molar refractivity (Wildman–Crippen MR) is 74.4 cm³/mol. The molecule has 4 heteroatoms. The Kier molecular flexibility index (Phi) is 3.46. The Morgan fingerprint density at radius 1 is 1.17 bits per heavy atom. The number of anilines is 2. The van der Waals surface area contributed by atoms with Crippen molar-refractivity contribution in [3.63, 3.8) is 0 Å². The first kappa shape index (κ1) is 12.4. The Balaban J connectivity index is 2.18. The van der Waals surface area contributed by atoms with Crippen molar-refractivity contribution in [2.75, 3.05) is 11.1 Å². The molecule has 0 aliphatic rings. The van der Waals surface area contributed by atoms with Gasteiger partial charge in [-0.15, -0.1) is 0 Å². The van der Waals surface area contributed by atoms with Gasteiger partial charge in [0.15, 0.2) is 0 Å². The third kappa shape index (κ3) is 2.77. The summed E-state index contributed by atoms with van der Waals surface area (Å²) in [5.74, 6) is 1.08. The number of aromatic nitrogens is 2. The summed E-state index contributed by atoms with van der Waals surface area (Å²) < 4.78 is 0. The highest BCUT2D eigenvalue weighted by atomic mass is 15.1. The minimum atomic E-state index is 0.179. The molecule has 18 heavy (non-hydrogen) atoms. The van der Waals surface area contributed by atoms with Gasteiger partial charge in [0.2, 0.25) is 5.95 Å². The normalized spacial score (nSPS) is 12.2. The predicted octanol–water partition coefficient (Wildman–Crippen LogP) is 2.85. The second-order valence-electron chi connectivity index (χ2n) is 4.54. The molecular formula is C14H18N4. The SMILES string of the molecule is Cc1ccc(C(C)Nc2nc(N)ncc2C)cc1. The molecule has 0 spiro atoms. The lowest BCUT2D eigenvalue weighted by molar-refractivity contribution is 0.868. The van der Waals surface area contributed by atoms with Gasteiger partial charge in [0.1, 0.15) is 5.82 Å². The molecule has 0 amide bonds. The molecule has 0 bridgehead atoms. The van der Waals surface area contributed by atoms with E-state index in [0.717, 1.165) is 11.4 Å². The third-order valence-electron chi connectivity index (χ3n) is 2.92. The van der Waals surface area contributed by atoms with E-state index in [1.165, 1.54) is 11.1 Å². The van der Waals surface area contributed by atoms with Crippen LogP contribution in [0, 0.1) is 13.8 Å². The number of aryl methyl sites for hydroxylation is 2. The summed E-state index contributed by atoms with van der Waals surface area (Å²) in [6, 6.07) is 8.63. The summed E-state index contributed by atoms with van der Waals surface area (Å²) in [5, 5.41) is 3.36. The Morgan fingerprint density at radius 3 is 2.50 bits per heavy atom. The lowest BCUT2D eigenvalue weighted by Crippen LogP contribution is -2.10. The maximum atomic E-state index is 5.60. The standard InChI is InChI=1S/C14H18N4/c1-9-4-6-12(7-5-9)11(3)17-13-10(2)8-16-14(15)18-13/h4-8,11H,1-3H3,(H3,15,16,17,18). The first-order chi connectivity index (χ1) is 8.56. The third-order valence-corrected chi connectivity index (χ3v) is 2.92. The molecule has 0 fully saturated rings. The molecule has 0 saturated heterocycles. The van der Waals surface area contributed by atoms with Crippen LogP contribution < -0.4 is 11.1 Å². The van der Waals surface area contributed by atoms with E-state index in [2.05, 4.69) is 53.4 Å². The molecule has 4 nitrogen and oxygen atoms in total. The van der Waals surface area contributed by atoms with Crippen LogP contribution >= 0.6 is 0 Å². The van der Waals surface area contributed by atoms with Crippen LogP contribution in [-0.2, 0) is 0 Å².